The van der Waals surface area contributed by atoms with Crippen molar-refractivity contribution in [2.75, 3.05) is 0 Å². The number of benzene rings is 2. The zero-order valence-corrected chi connectivity index (χ0v) is 22.5. The van der Waals surface area contributed by atoms with E-state index in [0.717, 1.165) is 0 Å². The predicted octanol–water partition coefficient (Wildman–Crippen LogP) is 8.34. The van der Waals surface area contributed by atoms with Crippen molar-refractivity contribution < 1.29 is 0 Å². The van der Waals surface area contributed by atoms with Gasteiger partial charge in [-0.05, 0) is 38.0 Å². The van der Waals surface area contributed by atoms with E-state index in [1.54, 1.807) is 28.6 Å². The summed E-state index contributed by atoms with van der Waals surface area (Å²) >= 11 is 4.21. The van der Waals surface area contributed by atoms with Gasteiger partial charge >= 0.3 is 0 Å². The zero-order chi connectivity index (χ0) is 20.6. The molecular formula is C24H27PS2Si2. The van der Waals surface area contributed by atoms with Crippen LogP contribution in [0.1, 0.15) is 0 Å². The molecule has 3 heterocycles. The SMILES string of the molecule is C[Si](C)(C)c1cc2c(s1)c1sc([Si](C)(C)C)cc1p2-c1cccc2ccccc12. The maximum absolute atomic E-state index is 2.60. The number of fused-ring (bicyclic) bond motifs is 4. The van der Waals surface area contributed by atoms with Crippen molar-refractivity contribution in [2.24, 2.45) is 0 Å². The molecule has 29 heavy (non-hydrogen) atoms. The van der Waals surface area contributed by atoms with E-state index in [-0.39, 0.29) is 0 Å². The summed E-state index contributed by atoms with van der Waals surface area (Å²) in [6.07, 6.45) is 0. The van der Waals surface area contributed by atoms with Crippen LogP contribution in [0.2, 0.25) is 39.3 Å². The van der Waals surface area contributed by atoms with Gasteiger partial charge in [-0.25, -0.2) is 0 Å². The number of hydrogen-bond acceptors (Lipinski definition) is 2. The third-order valence-electron chi connectivity index (χ3n) is 5.60. The van der Waals surface area contributed by atoms with Crippen LogP contribution in [-0.2, 0) is 0 Å². The molecule has 0 fully saturated rings. The van der Waals surface area contributed by atoms with Gasteiger partial charge in [-0.2, -0.15) is 0 Å². The third kappa shape index (κ3) is 3.21. The van der Waals surface area contributed by atoms with Crippen LogP contribution >= 0.6 is 30.2 Å². The molecule has 0 bridgehead atoms. The minimum Gasteiger partial charge on any atom is -0.143 e. The van der Waals surface area contributed by atoms with Crippen molar-refractivity contribution in [1.29, 1.82) is 0 Å². The highest BCUT2D eigenvalue weighted by atomic mass is 32.1. The van der Waals surface area contributed by atoms with Crippen LogP contribution in [0.15, 0.2) is 54.6 Å². The average Bonchev–Trinajstić information content (AvgIpc) is 3.31. The van der Waals surface area contributed by atoms with E-state index in [1.165, 1.54) is 16.1 Å². The van der Waals surface area contributed by atoms with Crippen LogP contribution in [0.25, 0.3) is 35.7 Å². The quantitative estimate of drug-likeness (QED) is 0.234. The molecule has 0 amide bonds. The Morgan fingerprint density at radius 2 is 1.17 bits per heavy atom. The maximum Gasteiger partial charge on any atom is 0.0904 e. The Morgan fingerprint density at radius 1 is 0.655 bits per heavy atom. The van der Waals surface area contributed by atoms with Crippen molar-refractivity contribution in [3.63, 3.8) is 0 Å². The normalized spacial score (nSPS) is 13.2. The fourth-order valence-electron chi connectivity index (χ4n) is 3.95. The van der Waals surface area contributed by atoms with Crippen molar-refractivity contribution in [1.82, 2.24) is 0 Å². The fourth-order valence-corrected chi connectivity index (χ4v) is 13.9. The van der Waals surface area contributed by atoms with E-state index in [9.17, 15) is 0 Å². The van der Waals surface area contributed by atoms with Crippen LogP contribution in [0.4, 0.5) is 0 Å². The second kappa shape index (κ2) is 6.67. The van der Waals surface area contributed by atoms with Gasteiger partial charge in [0.1, 0.15) is 0 Å². The summed E-state index contributed by atoms with van der Waals surface area (Å²) in [6.45, 7) is 14.9. The molecule has 0 N–H and O–H groups in total. The van der Waals surface area contributed by atoms with Gasteiger partial charge in [-0.3, -0.25) is 0 Å². The molecule has 0 saturated carbocycles. The smallest absolute Gasteiger partial charge is 0.0904 e. The Labute approximate surface area is 184 Å². The largest absolute Gasteiger partial charge is 0.143 e. The second-order valence-electron chi connectivity index (χ2n) is 9.98. The number of hydrogen-bond donors (Lipinski definition) is 0. The molecule has 0 radical (unpaired) electrons. The van der Waals surface area contributed by atoms with E-state index in [1.807, 2.05) is 0 Å². The number of rotatable bonds is 3. The molecule has 0 unspecified atom stereocenters. The molecule has 0 aliphatic carbocycles. The lowest BCUT2D eigenvalue weighted by atomic mass is 10.1. The van der Waals surface area contributed by atoms with Gasteiger partial charge in [-0.15, -0.1) is 22.7 Å². The lowest BCUT2D eigenvalue weighted by molar-refractivity contribution is 1.78. The van der Waals surface area contributed by atoms with E-state index in [4.69, 9.17) is 0 Å². The summed E-state index contributed by atoms with van der Waals surface area (Å²) in [5.41, 5.74) is 0. The summed E-state index contributed by atoms with van der Waals surface area (Å²) in [4.78, 5) is 0. The minimum absolute atomic E-state index is 0.459. The molecule has 0 aliphatic heterocycles. The molecule has 5 heteroatoms. The lowest BCUT2D eigenvalue weighted by Crippen LogP contribution is -2.34. The maximum atomic E-state index is 2.60. The van der Waals surface area contributed by atoms with Crippen LogP contribution in [0.3, 0.4) is 0 Å². The summed E-state index contributed by atoms with van der Waals surface area (Å²) in [6, 6.07) is 21.0. The lowest BCUT2D eigenvalue weighted by Gasteiger charge is -2.13. The minimum atomic E-state index is -1.32. The summed E-state index contributed by atoms with van der Waals surface area (Å²) < 4.78 is 6.49. The Bertz CT molecular complexity index is 1300. The Balaban J connectivity index is 1.93. The van der Waals surface area contributed by atoms with Gasteiger partial charge in [0.25, 0.3) is 0 Å². The third-order valence-corrected chi connectivity index (χ3v) is 18.0. The molecule has 0 nitrogen and oxygen atoms in total. The highest BCUT2D eigenvalue weighted by Gasteiger charge is 2.27. The Hall–Kier alpha value is -1.17. The van der Waals surface area contributed by atoms with Crippen molar-refractivity contribution in [2.45, 2.75) is 39.3 Å². The van der Waals surface area contributed by atoms with Gasteiger partial charge in [0.2, 0.25) is 0 Å². The molecule has 0 aliphatic rings. The van der Waals surface area contributed by atoms with Crippen molar-refractivity contribution >= 4 is 85.8 Å². The van der Waals surface area contributed by atoms with Crippen molar-refractivity contribution in [3.05, 3.63) is 54.6 Å². The molecule has 0 atom stereocenters. The van der Waals surface area contributed by atoms with E-state index < -0.39 is 23.7 Å². The summed E-state index contributed by atoms with van der Waals surface area (Å²) in [5, 5.41) is 7.59. The average molecular weight is 467 g/mol. The highest BCUT2D eigenvalue weighted by molar-refractivity contribution is 7.70. The molecule has 2 aromatic carbocycles. The van der Waals surface area contributed by atoms with Gasteiger partial charge in [0, 0.05) is 15.5 Å². The topological polar surface area (TPSA) is 0 Å². The summed E-state index contributed by atoms with van der Waals surface area (Å²) in [5.74, 6) is 0. The first kappa shape index (κ1) is 19.8. The Morgan fingerprint density at radius 3 is 1.72 bits per heavy atom. The van der Waals surface area contributed by atoms with Crippen LogP contribution in [-0.4, -0.2) is 16.1 Å². The van der Waals surface area contributed by atoms with E-state index in [2.05, 4.69) is 117 Å². The zero-order valence-electron chi connectivity index (χ0n) is 18.0. The first-order valence-electron chi connectivity index (χ1n) is 10.2. The van der Waals surface area contributed by atoms with Crippen LogP contribution < -0.4 is 9.00 Å². The summed E-state index contributed by atoms with van der Waals surface area (Å²) in [7, 11) is -3.10. The Kier molecular flexibility index (Phi) is 4.55. The molecule has 5 rings (SSSR count). The molecule has 5 aromatic rings. The first-order chi connectivity index (χ1) is 13.6. The first-order valence-corrected chi connectivity index (χ1v) is 20.2. The predicted molar refractivity (Wildman–Crippen MR) is 145 cm³/mol. The molecule has 148 valence electrons. The van der Waals surface area contributed by atoms with Gasteiger partial charge in [0.15, 0.2) is 0 Å². The standard InChI is InChI=1S/C24H27PS2Si2/c1-28(2,3)21-14-19-23(26-21)24-20(15-22(27-24)29(4,5)6)25(19)18-13-9-11-16-10-7-8-12-17(16)18/h7-15H,1-6H3. The second-order valence-corrected chi connectivity index (χ2v) is 25.0. The molecule has 3 aromatic heterocycles. The van der Waals surface area contributed by atoms with E-state index in [0.29, 0.717) is 0 Å². The highest BCUT2D eigenvalue weighted by Crippen LogP contribution is 2.59. The van der Waals surface area contributed by atoms with Gasteiger partial charge < -0.3 is 0 Å². The monoisotopic (exact) mass is 466 g/mol. The molecule has 0 saturated heterocycles. The van der Waals surface area contributed by atoms with Gasteiger partial charge in [0.05, 0.1) is 25.5 Å². The van der Waals surface area contributed by atoms with Crippen molar-refractivity contribution in [3.8, 4) is 5.30 Å². The fraction of sp³-hybridized carbons (Fsp3) is 0.250. The molecular weight excluding hydrogens is 440 g/mol. The number of thiophene rings is 2. The van der Waals surface area contributed by atoms with Crippen LogP contribution in [0.5, 0.6) is 0 Å². The van der Waals surface area contributed by atoms with Gasteiger partial charge in [-0.1, -0.05) is 83.2 Å². The van der Waals surface area contributed by atoms with E-state index >= 15 is 0 Å². The molecule has 0 spiro atoms. The van der Waals surface area contributed by atoms with Crippen LogP contribution in [0, 0.1) is 0 Å².